The molecule has 2 heterocycles. The van der Waals surface area contributed by atoms with Gasteiger partial charge in [-0.25, -0.2) is 4.79 Å². The minimum absolute atomic E-state index is 0.118. The third-order valence-corrected chi connectivity index (χ3v) is 3.46. The lowest BCUT2D eigenvalue weighted by molar-refractivity contribution is -0.184. The minimum atomic E-state index is -2.35. The van der Waals surface area contributed by atoms with E-state index in [0.29, 0.717) is 0 Å². The van der Waals surface area contributed by atoms with E-state index < -0.39 is 42.2 Å². The Bertz CT molecular complexity index is 641. The predicted octanol–water partition coefficient (Wildman–Crippen LogP) is -2.03. The number of hydrogen-bond donors (Lipinski definition) is 5. The van der Waals surface area contributed by atoms with Crippen LogP contribution in [0.4, 0.5) is 0 Å². The molecule has 0 bridgehead atoms. The molecule has 0 aromatic carbocycles. The lowest BCUT2D eigenvalue weighted by atomic mass is 9.96. The molecule has 1 saturated heterocycles. The van der Waals surface area contributed by atoms with Crippen LogP contribution in [0.1, 0.15) is 6.23 Å². The summed E-state index contributed by atoms with van der Waals surface area (Å²) in [6.07, 6.45) is -3.66. The van der Waals surface area contributed by atoms with Gasteiger partial charge in [0.2, 0.25) is 5.60 Å². The molecule has 10 heteroatoms. The largest absolute Gasteiger partial charge is 0.479 e. The third-order valence-electron chi connectivity index (χ3n) is 3.15. The zero-order valence-corrected chi connectivity index (χ0v) is 10.8. The van der Waals surface area contributed by atoms with E-state index in [0.717, 1.165) is 10.6 Å². The standard InChI is InChI=1S/C10H12N2O7S/c13-3-10(8(17)18)6(16)5(15)7(19-10)12-2-1-4(14)11-9(12)20/h1-2,5-7,13,15-16H,3H2,(H,17,18)(H,11,14,20)/t5-,6+,7-,10-/m1/s1. The van der Waals surface area contributed by atoms with E-state index in [2.05, 4.69) is 4.98 Å². The second kappa shape index (κ2) is 5.07. The average molecular weight is 304 g/mol. The van der Waals surface area contributed by atoms with Crippen LogP contribution in [0.2, 0.25) is 0 Å². The van der Waals surface area contributed by atoms with Crippen molar-refractivity contribution in [3.05, 3.63) is 27.4 Å². The lowest BCUT2D eigenvalue weighted by Gasteiger charge is -2.24. The summed E-state index contributed by atoms with van der Waals surface area (Å²) in [5.74, 6) is -1.62. The molecule has 1 fully saturated rings. The smallest absolute Gasteiger partial charge is 0.341 e. The average Bonchev–Trinajstić information content (AvgIpc) is 2.64. The number of aliphatic hydroxyl groups is 3. The Labute approximate surface area is 116 Å². The van der Waals surface area contributed by atoms with Crippen LogP contribution in [0.25, 0.3) is 0 Å². The molecule has 0 radical (unpaired) electrons. The number of aromatic amines is 1. The highest BCUT2D eigenvalue weighted by atomic mass is 32.1. The van der Waals surface area contributed by atoms with Crippen molar-refractivity contribution in [3.63, 3.8) is 0 Å². The van der Waals surface area contributed by atoms with Crippen molar-refractivity contribution in [2.75, 3.05) is 6.61 Å². The van der Waals surface area contributed by atoms with Gasteiger partial charge in [-0.15, -0.1) is 0 Å². The summed E-state index contributed by atoms with van der Waals surface area (Å²) in [6, 6.07) is 1.10. The molecule has 0 saturated carbocycles. The van der Waals surface area contributed by atoms with Gasteiger partial charge in [0.05, 0.1) is 6.61 Å². The van der Waals surface area contributed by atoms with E-state index >= 15 is 0 Å². The number of aliphatic hydroxyl groups excluding tert-OH is 3. The summed E-state index contributed by atoms with van der Waals surface area (Å²) < 4.78 is 6.09. The second-order valence-corrected chi connectivity index (χ2v) is 4.70. The van der Waals surface area contributed by atoms with Crippen molar-refractivity contribution in [3.8, 4) is 0 Å². The van der Waals surface area contributed by atoms with Crippen molar-refractivity contribution >= 4 is 18.2 Å². The van der Waals surface area contributed by atoms with Crippen LogP contribution in [-0.2, 0) is 9.53 Å². The first-order chi connectivity index (χ1) is 9.33. The van der Waals surface area contributed by atoms with Crippen molar-refractivity contribution in [2.24, 2.45) is 0 Å². The summed E-state index contributed by atoms with van der Waals surface area (Å²) in [7, 11) is 0. The molecular weight excluding hydrogens is 292 g/mol. The summed E-state index contributed by atoms with van der Waals surface area (Å²) >= 11 is 4.87. The van der Waals surface area contributed by atoms with E-state index in [4.69, 9.17) is 22.1 Å². The Hall–Kier alpha value is -1.59. The quantitative estimate of drug-likeness (QED) is 0.402. The van der Waals surface area contributed by atoms with Gasteiger partial charge in [0.25, 0.3) is 5.56 Å². The highest BCUT2D eigenvalue weighted by Crippen LogP contribution is 2.37. The Kier molecular flexibility index (Phi) is 3.75. The van der Waals surface area contributed by atoms with Crippen molar-refractivity contribution in [2.45, 2.75) is 24.0 Å². The van der Waals surface area contributed by atoms with Gasteiger partial charge in [0, 0.05) is 12.3 Å². The maximum Gasteiger partial charge on any atom is 0.341 e. The van der Waals surface area contributed by atoms with Gasteiger partial charge in [-0.3, -0.25) is 14.3 Å². The number of H-pyrrole nitrogens is 1. The Morgan fingerprint density at radius 3 is 2.65 bits per heavy atom. The van der Waals surface area contributed by atoms with E-state index in [1.54, 1.807) is 0 Å². The minimum Gasteiger partial charge on any atom is -0.479 e. The molecular formula is C10H12N2O7S. The molecule has 1 aliphatic heterocycles. The molecule has 0 spiro atoms. The number of nitrogens with zero attached hydrogens (tertiary/aromatic N) is 1. The number of carboxylic acid groups (broad SMARTS) is 1. The molecule has 2 rings (SSSR count). The maximum atomic E-state index is 11.2. The Morgan fingerprint density at radius 2 is 2.20 bits per heavy atom. The zero-order valence-electron chi connectivity index (χ0n) is 9.96. The number of aromatic nitrogens is 2. The van der Waals surface area contributed by atoms with Gasteiger partial charge in [-0.05, 0) is 12.2 Å². The van der Waals surface area contributed by atoms with Crippen LogP contribution in [0.15, 0.2) is 17.1 Å². The van der Waals surface area contributed by atoms with Crippen molar-refractivity contribution < 1.29 is 30.0 Å². The molecule has 4 atom stereocenters. The number of aliphatic carboxylic acids is 1. The first-order valence-corrected chi connectivity index (χ1v) is 5.94. The van der Waals surface area contributed by atoms with E-state index in [1.807, 2.05) is 0 Å². The fourth-order valence-corrected chi connectivity index (χ4v) is 2.28. The van der Waals surface area contributed by atoms with Crippen LogP contribution >= 0.6 is 12.2 Å². The SMILES string of the molecule is O=C(O)[C@]1(CO)O[C@@H](n2ccc(=O)[nH]c2=S)[C@H](O)[C@@H]1O. The molecule has 110 valence electrons. The van der Waals surface area contributed by atoms with Crippen LogP contribution in [0, 0.1) is 4.77 Å². The van der Waals surface area contributed by atoms with Crippen LogP contribution in [-0.4, -0.2) is 60.4 Å². The summed E-state index contributed by atoms with van der Waals surface area (Å²) in [5, 5.41) is 38.0. The van der Waals surface area contributed by atoms with Gasteiger partial charge in [0.15, 0.2) is 11.0 Å². The van der Waals surface area contributed by atoms with Crippen molar-refractivity contribution in [1.82, 2.24) is 9.55 Å². The molecule has 20 heavy (non-hydrogen) atoms. The monoisotopic (exact) mass is 304 g/mol. The highest BCUT2D eigenvalue weighted by Gasteiger charge is 2.59. The van der Waals surface area contributed by atoms with E-state index in [9.17, 15) is 24.9 Å². The maximum absolute atomic E-state index is 11.2. The Morgan fingerprint density at radius 1 is 1.55 bits per heavy atom. The van der Waals surface area contributed by atoms with Crippen LogP contribution < -0.4 is 5.56 Å². The molecule has 1 aromatic rings. The topological polar surface area (TPSA) is 145 Å². The second-order valence-electron chi connectivity index (χ2n) is 4.31. The number of carbonyl (C=O) groups is 1. The molecule has 1 aromatic heterocycles. The molecule has 5 N–H and O–H groups in total. The summed E-state index contributed by atoms with van der Waals surface area (Å²) in [4.78, 5) is 24.5. The van der Waals surface area contributed by atoms with Crippen LogP contribution in [0.3, 0.4) is 0 Å². The summed E-state index contributed by atoms with van der Waals surface area (Å²) in [6.45, 7) is -1.03. The summed E-state index contributed by atoms with van der Waals surface area (Å²) in [5.41, 5.74) is -2.83. The van der Waals surface area contributed by atoms with Gasteiger partial charge in [-0.2, -0.15) is 0 Å². The number of carboxylic acids is 1. The molecule has 9 nitrogen and oxygen atoms in total. The van der Waals surface area contributed by atoms with Gasteiger partial charge in [-0.1, -0.05) is 0 Å². The van der Waals surface area contributed by atoms with Gasteiger partial charge >= 0.3 is 5.97 Å². The molecule has 0 amide bonds. The fraction of sp³-hybridized carbons (Fsp3) is 0.500. The normalized spacial score (nSPS) is 33.2. The fourth-order valence-electron chi connectivity index (χ4n) is 2.01. The molecule has 1 aliphatic rings. The first kappa shape index (κ1) is 14.8. The molecule has 0 unspecified atom stereocenters. The van der Waals surface area contributed by atoms with Crippen LogP contribution in [0.5, 0.6) is 0 Å². The predicted molar refractivity (Wildman–Crippen MR) is 65.5 cm³/mol. The van der Waals surface area contributed by atoms with E-state index in [1.165, 1.54) is 6.20 Å². The lowest BCUT2D eigenvalue weighted by Crippen LogP contribution is -2.52. The Balaban J connectivity index is 2.47. The first-order valence-electron chi connectivity index (χ1n) is 5.53. The number of ether oxygens (including phenoxy) is 1. The van der Waals surface area contributed by atoms with Crippen molar-refractivity contribution in [1.29, 1.82) is 0 Å². The van der Waals surface area contributed by atoms with Gasteiger partial charge < -0.3 is 25.2 Å². The highest BCUT2D eigenvalue weighted by molar-refractivity contribution is 7.71. The van der Waals surface area contributed by atoms with Gasteiger partial charge in [0.1, 0.15) is 12.2 Å². The third kappa shape index (κ3) is 2.07. The number of hydrogen-bond acceptors (Lipinski definition) is 7. The zero-order chi connectivity index (χ0) is 15.1. The van der Waals surface area contributed by atoms with E-state index in [-0.39, 0.29) is 4.77 Å². The number of rotatable bonds is 3. The number of nitrogens with one attached hydrogen (secondary N) is 1. The molecule has 0 aliphatic carbocycles.